The summed E-state index contributed by atoms with van der Waals surface area (Å²) < 4.78 is 50.7. The second-order valence-corrected chi connectivity index (χ2v) is 3.92. The van der Waals surface area contributed by atoms with Crippen LogP contribution in [0.15, 0.2) is 0 Å². The van der Waals surface area contributed by atoms with Crippen LogP contribution in [-0.4, -0.2) is 42.3 Å². The van der Waals surface area contributed by atoms with Crippen LogP contribution >= 0.6 is 0 Å². The van der Waals surface area contributed by atoms with Crippen molar-refractivity contribution in [2.75, 3.05) is 13.7 Å². The summed E-state index contributed by atoms with van der Waals surface area (Å²) in [6, 6.07) is -0.583. The molecule has 112 valence electrons. The molecule has 0 spiro atoms. The molecule has 6 nitrogen and oxygen atoms in total. The third-order valence-corrected chi connectivity index (χ3v) is 1.88. The lowest BCUT2D eigenvalue weighted by molar-refractivity contribution is -0.154. The number of methoxy groups -OCH3 is 1. The molecule has 0 unspecified atom stereocenters. The first-order valence-electron chi connectivity index (χ1n) is 5.54. The summed E-state index contributed by atoms with van der Waals surface area (Å²) in [4.78, 5) is 18.2. The topological polar surface area (TPSA) is 70.5 Å². The van der Waals surface area contributed by atoms with Crippen LogP contribution in [0.2, 0.25) is 0 Å². The monoisotopic (exact) mass is 294 g/mol. The molecule has 0 saturated carbocycles. The van der Waals surface area contributed by atoms with Crippen molar-refractivity contribution < 1.29 is 32.2 Å². The Balaban J connectivity index is 3.10. The van der Waals surface area contributed by atoms with Crippen LogP contribution in [0, 0.1) is 0 Å². The Bertz CT molecular complexity index is 477. The van der Waals surface area contributed by atoms with Gasteiger partial charge < -0.3 is 14.2 Å². The van der Waals surface area contributed by atoms with Gasteiger partial charge in [0.25, 0.3) is 0 Å². The molecule has 0 saturated heterocycles. The molecule has 0 aliphatic carbocycles. The summed E-state index contributed by atoms with van der Waals surface area (Å²) >= 11 is 0. The number of ether oxygens (including phenoxy) is 3. The van der Waals surface area contributed by atoms with E-state index in [0.717, 1.165) is 0 Å². The van der Waals surface area contributed by atoms with Gasteiger partial charge in [-0.25, -0.2) is 0 Å². The Labute approximate surface area is 112 Å². The van der Waals surface area contributed by atoms with E-state index in [9.17, 15) is 18.0 Å². The van der Waals surface area contributed by atoms with Crippen molar-refractivity contribution in [3.63, 3.8) is 0 Å². The van der Waals surface area contributed by atoms with E-state index in [0.29, 0.717) is 6.29 Å². The number of nitrogens with zero attached hydrogens (tertiary/aromatic N) is 2. The van der Waals surface area contributed by atoms with E-state index in [4.69, 9.17) is 9.47 Å². The van der Waals surface area contributed by atoms with Crippen molar-refractivity contribution in [1.82, 2.24) is 9.97 Å². The van der Waals surface area contributed by atoms with Crippen LogP contribution in [0.25, 0.3) is 0 Å². The Morgan fingerprint density at radius 2 is 1.85 bits per heavy atom. The second kappa shape index (κ2) is 6.40. The Hall–Kier alpha value is -2.06. The molecule has 1 heterocycles. The van der Waals surface area contributed by atoms with Gasteiger partial charge in [-0.05, 0) is 13.8 Å². The lowest BCUT2D eigenvalue weighted by Crippen LogP contribution is -2.21. The van der Waals surface area contributed by atoms with Crippen molar-refractivity contribution in [1.29, 1.82) is 0 Å². The van der Waals surface area contributed by atoms with Gasteiger partial charge in [-0.15, -0.1) is 0 Å². The summed E-state index contributed by atoms with van der Waals surface area (Å²) in [7, 11) is 1.21. The van der Waals surface area contributed by atoms with Crippen molar-refractivity contribution in [2.24, 2.45) is 0 Å². The van der Waals surface area contributed by atoms with Gasteiger partial charge >= 0.3 is 12.2 Å². The highest BCUT2D eigenvalue weighted by atomic mass is 19.4. The van der Waals surface area contributed by atoms with Crippen molar-refractivity contribution in [3.05, 3.63) is 5.56 Å². The Morgan fingerprint density at radius 3 is 2.30 bits per heavy atom. The van der Waals surface area contributed by atoms with Gasteiger partial charge in [0.1, 0.15) is 5.56 Å². The van der Waals surface area contributed by atoms with Gasteiger partial charge in [0.05, 0.1) is 13.2 Å². The maximum atomic E-state index is 12.1. The molecular formula is C11H13F3N2O4. The third kappa shape index (κ3) is 4.56. The van der Waals surface area contributed by atoms with E-state index in [1.54, 1.807) is 13.8 Å². The standard InChI is InChI=1S/C11H13F3N2O4/c1-6(2)20-9-7(4-17)8(18-3)15-10(16-9)19-5-11(12,13)14/h4,6H,5H2,1-3H3. The quantitative estimate of drug-likeness (QED) is 0.748. The average Bonchev–Trinajstić information content (AvgIpc) is 2.34. The molecule has 1 aromatic heterocycles. The lowest BCUT2D eigenvalue weighted by Gasteiger charge is -2.14. The molecule has 0 aliphatic rings. The predicted octanol–water partition coefficient (Wildman–Crippen LogP) is 2.03. The van der Waals surface area contributed by atoms with Crippen molar-refractivity contribution in [2.45, 2.75) is 26.1 Å². The Kier molecular flexibility index (Phi) is 5.12. The smallest absolute Gasteiger partial charge is 0.422 e. The molecule has 0 bridgehead atoms. The van der Waals surface area contributed by atoms with Crippen molar-refractivity contribution >= 4 is 6.29 Å². The van der Waals surface area contributed by atoms with Gasteiger partial charge in [-0.1, -0.05) is 0 Å². The molecule has 0 aromatic carbocycles. The van der Waals surface area contributed by atoms with Gasteiger partial charge in [0.15, 0.2) is 12.9 Å². The summed E-state index contributed by atoms with van der Waals surface area (Å²) in [5.74, 6) is -0.415. The molecule has 0 radical (unpaired) electrons. The fraction of sp³-hybridized carbons (Fsp3) is 0.545. The molecule has 1 rings (SSSR count). The van der Waals surface area contributed by atoms with E-state index in [1.807, 2.05) is 0 Å². The van der Waals surface area contributed by atoms with E-state index >= 15 is 0 Å². The zero-order chi connectivity index (χ0) is 15.3. The van der Waals surface area contributed by atoms with Crippen LogP contribution in [-0.2, 0) is 0 Å². The van der Waals surface area contributed by atoms with Gasteiger partial charge in [0, 0.05) is 0 Å². The number of hydrogen-bond acceptors (Lipinski definition) is 6. The number of aldehydes is 1. The number of carbonyl (C=O) groups is 1. The molecule has 20 heavy (non-hydrogen) atoms. The molecular weight excluding hydrogens is 281 g/mol. The number of hydrogen-bond donors (Lipinski definition) is 0. The summed E-state index contributed by atoms with van der Waals surface area (Å²) in [6.45, 7) is 1.77. The van der Waals surface area contributed by atoms with Gasteiger partial charge in [-0.3, -0.25) is 4.79 Å². The number of halogens is 3. The van der Waals surface area contributed by atoms with E-state index in [2.05, 4.69) is 14.7 Å². The first-order chi connectivity index (χ1) is 9.26. The summed E-state index contributed by atoms with van der Waals surface area (Å²) in [5.41, 5.74) is -0.0967. The Morgan fingerprint density at radius 1 is 1.25 bits per heavy atom. The first kappa shape index (κ1) is 16.0. The van der Waals surface area contributed by atoms with E-state index in [1.165, 1.54) is 7.11 Å². The maximum absolute atomic E-state index is 12.1. The number of rotatable bonds is 6. The van der Waals surface area contributed by atoms with Crippen LogP contribution in [0.3, 0.4) is 0 Å². The average molecular weight is 294 g/mol. The molecule has 0 fully saturated rings. The minimum Gasteiger partial charge on any atom is -0.480 e. The number of carbonyl (C=O) groups excluding carboxylic acids is 1. The maximum Gasteiger partial charge on any atom is 0.422 e. The van der Waals surface area contributed by atoms with Crippen molar-refractivity contribution in [3.8, 4) is 17.8 Å². The zero-order valence-corrected chi connectivity index (χ0v) is 11.0. The molecule has 0 aliphatic heterocycles. The van der Waals surface area contributed by atoms with E-state index < -0.39 is 18.8 Å². The fourth-order valence-electron chi connectivity index (χ4n) is 1.19. The third-order valence-electron chi connectivity index (χ3n) is 1.88. The van der Waals surface area contributed by atoms with Gasteiger partial charge in [-0.2, -0.15) is 23.1 Å². The highest BCUT2D eigenvalue weighted by Crippen LogP contribution is 2.27. The summed E-state index contributed by atoms with van der Waals surface area (Å²) in [6.07, 6.45) is -4.48. The zero-order valence-electron chi connectivity index (χ0n) is 11.0. The SMILES string of the molecule is COc1nc(OCC(F)(F)F)nc(OC(C)C)c1C=O. The molecule has 0 N–H and O–H groups in total. The van der Waals surface area contributed by atoms with Crippen LogP contribution < -0.4 is 14.2 Å². The number of alkyl halides is 3. The fourth-order valence-corrected chi connectivity index (χ4v) is 1.19. The normalized spacial score (nSPS) is 11.3. The highest BCUT2D eigenvalue weighted by Gasteiger charge is 2.29. The number of aromatic nitrogens is 2. The molecule has 9 heteroatoms. The molecule has 0 amide bonds. The first-order valence-corrected chi connectivity index (χ1v) is 5.54. The highest BCUT2D eigenvalue weighted by molar-refractivity contribution is 5.81. The lowest BCUT2D eigenvalue weighted by atomic mass is 10.3. The summed E-state index contributed by atoms with van der Waals surface area (Å²) in [5, 5.41) is 0. The molecule has 1 aromatic rings. The predicted molar refractivity (Wildman–Crippen MR) is 61.3 cm³/mol. The molecule has 0 atom stereocenters. The second-order valence-electron chi connectivity index (χ2n) is 3.92. The minimum atomic E-state index is -4.53. The van der Waals surface area contributed by atoms with Crippen LogP contribution in [0.1, 0.15) is 24.2 Å². The van der Waals surface area contributed by atoms with Crippen LogP contribution in [0.5, 0.6) is 17.8 Å². The van der Waals surface area contributed by atoms with Gasteiger partial charge in [0.2, 0.25) is 11.8 Å². The van der Waals surface area contributed by atoms with Crippen LogP contribution in [0.4, 0.5) is 13.2 Å². The minimum absolute atomic E-state index is 0.0967. The van der Waals surface area contributed by atoms with E-state index in [-0.39, 0.29) is 23.4 Å². The largest absolute Gasteiger partial charge is 0.480 e.